The fourth-order valence-corrected chi connectivity index (χ4v) is 4.06. The number of amides is 1. The minimum atomic E-state index is -0.374. The predicted molar refractivity (Wildman–Crippen MR) is 114 cm³/mol. The molecule has 0 bridgehead atoms. The van der Waals surface area contributed by atoms with E-state index >= 15 is 0 Å². The van der Waals surface area contributed by atoms with Crippen molar-refractivity contribution in [3.63, 3.8) is 0 Å². The molecule has 30 heavy (non-hydrogen) atoms. The van der Waals surface area contributed by atoms with Crippen LogP contribution in [0, 0.1) is 31.0 Å². The van der Waals surface area contributed by atoms with E-state index in [4.69, 9.17) is 0 Å². The summed E-state index contributed by atoms with van der Waals surface area (Å²) in [6, 6.07) is 16.6. The van der Waals surface area contributed by atoms with Crippen LogP contribution in [0.4, 0.5) is 10.2 Å². The second-order valence-electron chi connectivity index (χ2n) is 7.64. The Bertz CT molecular complexity index is 1160. The zero-order chi connectivity index (χ0) is 21.3. The molecule has 1 amide bonds. The lowest BCUT2D eigenvalue weighted by Gasteiger charge is -2.28. The van der Waals surface area contributed by atoms with Crippen LogP contribution in [0.25, 0.3) is 5.69 Å². The number of anilines is 1. The highest BCUT2D eigenvalue weighted by molar-refractivity contribution is 5.93. The molecule has 2 heterocycles. The second kappa shape index (κ2) is 8.13. The summed E-state index contributed by atoms with van der Waals surface area (Å²) < 4.78 is 15.6. The number of rotatable bonds is 4. The van der Waals surface area contributed by atoms with Crippen LogP contribution in [0.2, 0.25) is 0 Å². The van der Waals surface area contributed by atoms with Crippen LogP contribution in [-0.2, 0) is 17.8 Å². The van der Waals surface area contributed by atoms with E-state index in [0.717, 1.165) is 30.8 Å². The predicted octanol–water partition coefficient (Wildman–Crippen LogP) is 4.10. The number of hydrogen-bond acceptors (Lipinski definition) is 3. The highest BCUT2D eigenvalue weighted by atomic mass is 19.1. The molecule has 0 spiro atoms. The monoisotopic (exact) mass is 402 g/mol. The summed E-state index contributed by atoms with van der Waals surface area (Å²) in [6.45, 7) is 5.45. The molecule has 1 aliphatic rings. The van der Waals surface area contributed by atoms with Crippen LogP contribution in [0.5, 0.6) is 0 Å². The summed E-state index contributed by atoms with van der Waals surface area (Å²) in [5.41, 5.74) is 5.09. The zero-order valence-electron chi connectivity index (χ0n) is 17.1. The van der Waals surface area contributed by atoms with Gasteiger partial charge >= 0.3 is 0 Å². The molecule has 152 valence electrons. The summed E-state index contributed by atoms with van der Waals surface area (Å²) in [5, 5.41) is 12.6. The van der Waals surface area contributed by atoms with Crippen LogP contribution in [0.15, 0.2) is 48.5 Å². The van der Waals surface area contributed by atoms with Crippen LogP contribution in [0.1, 0.15) is 27.9 Å². The van der Waals surface area contributed by atoms with E-state index in [1.165, 1.54) is 23.3 Å². The number of aromatic nitrogens is 1. The summed E-state index contributed by atoms with van der Waals surface area (Å²) in [7, 11) is 0. The van der Waals surface area contributed by atoms with Gasteiger partial charge in [0.15, 0.2) is 0 Å². The maximum atomic E-state index is 13.8. The van der Waals surface area contributed by atoms with Crippen molar-refractivity contribution >= 4 is 11.7 Å². The van der Waals surface area contributed by atoms with Crippen molar-refractivity contribution < 1.29 is 9.18 Å². The quantitative estimate of drug-likeness (QED) is 0.715. The first-order valence-corrected chi connectivity index (χ1v) is 9.95. The van der Waals surface area contributed by atoms with E-state index in [1.807, 2.05) is 26.0 Å². The Morgan fingerprint density at radius 3 is 2.67 bits per heavy atom. The van der Waals surface area contributed by atoms with E-state index in [1.54, 1.807) is 16.7 Å². The summed E-state index contributed by atoms with van der Waals surface area (Å²) in [6.07, 6.45) is 0.908. The number of carbonyl (C=O) groups is 1. The number of carbonyl (C=O) groups excluding carboxylic acids is 1. The van der Waals surface area contributed by atoms with Crippen molar-refractivity contribution in [2.24, 2.45) is 0 Å². The maximum absolute atomic E-state index is 13.8. The van der Waals surface area contributed by atoms with Gasteiger partial charge in [0.25, 0.3) is 0 Å². The van der Waals surface area contributed by atoms with Gasteiger partial charge in [-0.15, -0.1) is 0 Å². The Kier molecular flexibility index (Phi) is 5.39. The lowest BCUT2D eigenvalue weighted by atomic mass is 10.00. The number of benzene rings is 2. The van der Waals surface area contributed by atoms with Crippen molar-refractivity contribution in [2.45, 2.75) is 26.8 Å². The van der Waals surface area contributed by atoms with Crippen molar-refractivity contribution in [3.05, 3.63) is 82.3 Å². The maximum Gasteiger partial charge on any atom is 0.239 e. The Labute approximate surface area is 175 Å². The average Bonchev–Trinajstić information content (AvgIpc) is 2.97. The van der Waals surface area contributed by atoms with Gasteiger partial charge < -0.3 is 5.32 Å². The lowest BCUT2D eigenvalue weighted by molar-refractivity contribution is -0.117. The SMILES string of the molecule is Cc1c(C#N)c(NC(=O)CN2CCc3ccccc3C2)n(-c2cccc(F)c2)c1C. The number of hydrogen-bond donors (Lipinski definition) is 1. The van der Waals surface area contributed by atoms with Gasteiger partial charge in [0.2, 0.25) is 5.91 Å². The van der Waals surface area contributed by atoms with Gasteiger partial charge in [0.1, 0.15) is 17.7 Å². The van der Waals surface area contributed by atoms with E-state index in [2.05, 4.69) is 28.4 Å². The molecule has 2 aromatic carbocycles. The fourth-order valence-electron chi connectivity index (χ4n) is 4.06. The van der Waals surface area contributed by atoms with Gasteiger partial charge in [0.05, 0.1) is 17.8 Å². The third-order valence-electron chi connectivity index (χ3n) is 5.73. The van der Waals surface area contributed by atoms with Gasteiger partial charge in [-0.3, -0.25) is 14.3 Å². The molecule has 0 aliphatic carbocycles. The lowest BCUT2D eigenvalue weighted by Crippen LogP contribution is -2.37. The Balaban J connectivity index is 1.59. The molecule has 1 aliphatic heterocycles. The number of halogens is 1. The van der Waals surface area contributed by atoms with E-state index in [9.17, 15) is 14.4 Å². The van der Waals surface area contributed by atoms with Crippen molar-refractivity contribution in [1.82, 2.24) is 9.47 Å². The second-order valence-corrected chi connectivity index (χ2v) is 7.64. The molecule has 0 saturated carbocycles. The minimum absolute atomic E-state index is 0.193. The Morgan fingerprint density at radius 2 is 1.93 bits per heavy atom. The molecule has 0 fully saturated rings. The van der Waals surface area contributed by atoms with Crippen molar-refractivity contribution in [2.75, 3.05) is 18.4 Å². The highest BCUT2D eigenvalue weighted by Crippen LogP contribution is 2.30. The molecule has 0 radical (unpaired) electrons. The summed E-state index contributed by atoms with van der Waals surface area (Å²) in [5.74, 6) is -0.178. The van der Waals surface area contributed by atoms with E-state index in [-0.39, 0.29) is 18.3 Å². The molecule has 4 rings (SSSR count). The van der Waals surface area contributed by atoms with Gasteiger partial charge in [-0.1, -0.05) is 30.3 Å². The number of nitrogens with zero attached hydrogens (tertiary/aromatic N) is 3. The third-order valence-corrected chi connectivity index (χ3v) is 5.73. The molecular weight excluding hydrogens is 379 g/mol. The number of nitrogens with one attached hydrogen (secondary N) is 1. The summed E-state index contributed by atoms with van der Waals surface area (Å²) >= 11 is 0. The standard InChI is InChI=1S/C24H23FN4O/c1-16-17(2)29(21-9-5-8-20(25)12-21)24(22(16)13-26)27-23(30)15-28-11-10-18-6-3-4-7-19(18)14-28/h3-9,12H,10-11,14-15H2,1-2H3,(H,27,30). The van der Waals surface area contributed by atoms with Crippen LogP contribution in [0.3, 0.4) is 0 Å². The molecule has 0 unspecified atom stereocenters. The van der Waals surface area contributed by atoms with Gasteiger partial charge in [-0.2, -0.15) is 5.26 Å². The minimum Gasteiger partial charge on any atom is -0.310 e. The zero-order valence-corrected chi connectivity index (χ0v) is 17.1. The Hall–Kier alpha value is -3.43. The van der Waals surface area contributed by atoms with E-state index in [0.29, 0.717) is 17.1 Å². The van der Waals surface area contributed by atoms with Crippen LogP contribution >= 0.6 is 0 Å². The number of nitriles is 1. The molecule has 3 aromatic rings. The van der Waals surface area contributed by atoms with Crippen LogP contribution < -0.4 is 5.32 Å². The molecule has 0 saturated heterocycles. The number of fused-ring (bicyclic) bond motifs is 1. The Morgan fingerprint density at radius 1 is 1.17 bits per heavy atom. The molecule has 6 heteroatoms. The third kappa shape index (κ3) is 3.72. The topological polar surface area (TPSA) is 61.1 Å². The normalized spacial score (nSPS) is 13.5. The molecule has 0 atom stereocenters. The molecular formula is C24H23FN4O. The van der Waals surface area contributed by atoms with Crippen LogP contribution in [-0.4, -0.2) is 28.5 Å². The fraction of sp³-hybridized carbons (Fsp3) is 0.250. The van der Waals surface area contributed by atoms with Crippen molar-refractivity contribution in [3.8, 4) is 11.8 Å². The first-order valence-electron chi connectivity index (χ1n) is 9.95. The molecule has 1 aromatic heterocycles. The molecule has 5 nitrogen and oxygen atoms in total. The van der Waals surface area contributed by atoms with Crippen molar-refractivity contribution in [1.29, 1.82) is 5.26 Å². The first-order chi connectivity index (χ1) is 14.5. The largest absolute Gasteiger partial charge is 0.310 e. The summed E-state index contributed by atoms with van der Waals surface area (Å²) in [4.78, 5) is 15.0. The van der Waals surface area contributed by atoms with Gasteiger partial charge in [0, 0.05) is 18.8 Å². The molecule has 1 N–H and O–H groups in total. The van der Waals surface area contributed by atoms with E-state index < -0.39 is 0 Å². The first kappa shape index (κ1) is 19.9. The highest BCUT2D eigenvalue weighted by Gasteiger charge is 2.23. The smallest absolute Gasteiger partial charge is 0.239 e. The van der Waals surface area contributed by atoms with Gasteiger partial charge in [-0.25, -0.2) is 4.39 Å². The van der Waals surface area contributed by atoms with Gasteiger partial charge in [-0.05, 0) is 55.2 Å². The average molecular weight is 402 g/mol.